The highest BCUT2D eigenvalue weighted by Crippen LogP contribution is 2.40. The van der Waals surface area contributed by atoms with E-state index < -0.39 is 0 Å². The summed E-state index contributed by atoms with van der Waals surface area (Å²) in [5.74, 6) is 0.615. The molecule has 0 radical (unpaired) electrons. The first kappa shape index (κ1) is 15.5. The van der Waals surface area contributed by atoms with Crippen LogP contribution in [0.5, 0.6) is 0 Å². The fourth-order valence-corrected chi connectivity index (χ4v) is 2.46. The summed E-state index contributed by atoms with van der Waals surface area (Å²) in [6.07, 6.45) is 2.10. The van der Waals surface area contributed by atoms with Gasteiger partial charge in [0.2, 0.25) is 5.95 Å². The second kappa shape index (κ2) is 6.37. The van der Waals surface area contributed by atoms with Crippen molar-refractivity contribution in [2.75, 3.05) is 18.2 Å². The van der Waals surface area contributed by atoms with Gasteiger partial charge >= 0.3 is 5.97 Å². The Morgan fingerprint density at radius 2 is 2.17 bits per heavy atom. The van der Waals surface area contributed by atoms with Gasteiger partial charge in [-0.1, -0.05) is 11.6 Å². The molecule has 0 saturated heterocycles. The summed E-state index contributed by atoms with van der Waals surface area (Å²) in [5.41, 5.74) is 7.69. The fraction of sp³-hybridized carbons (Fsp3) is 0.333. The van der Waals surface area contributed by atoms with Crippen LogP contribution in [0, 0.1) is 0 Å². The maximum atomic E-state index is 11.8. The molecular weight excluding hydrogens is 318 g/mol. The molecule has 0 bridgehead atoms. The van der Waals surface area contributed by atoms with E-state index in [1.165, 1.54) is 7.11 Å². The molecule has 0 aliphatic heterocycles. The first-order valence-electron chi connectivity index (χ1n) is 7.19. The summed E-state index contributed by atoms with van der Waals surface area (Å²) in [7, 11) is 1.37. The van der Waals surface area contributed by atoms with Gasteiger partial charge in [-0.15, -0.1) is 0 Å². The lowest BCUT2D eigenvalue weighted by Crippen LogP contribution is -2.11. The highest BCUT2D eigenvalue weighted by Gasteiger charge is 2.30. The number of methoxy groups -OCH3 is 1. The van der Waals surface area contributed by atoms with Crippen molar-refractivity contribution in [2.24, 2.45) is 0 Å². The van der Waals surface area contributed by atoms with Crippen LogP contribution in [0.25, 0.3) is 0 Å². The molecule has 2 heterocycles. The lowest BCUT2D eigenvalue weighted by Gasteiger charge is -2.10. The van der Waals surface area contributed by atoms with Crippen LogP contribution in [-0.2, 0) is 11.3 Å². The Hall–Kier alpha value is -2.41. The Labute approximate surface area is 138 Å². The molecule has 2 aromatic heterocycles. The molecule has 8 heteroatoms. The molecule has 1 saturated carbocycles. The minimum atomic E-state index is -0.353. The summed E-state index contributed by atoms with van der Waals surface area (Å²) in [6.45, 7) is 0.438. The monoisotopic (exact) mass is 333 g/mol. The maximum Gasteiger partial charge on any atom is 0.339 e. The van der Waals surface area contributed by atoms with Crippen LogP contribution < -0.4 is 11.1 Å². The number of nitrogens with zero attached hydrogens (tertiary/aromatic N) is 3. The average molecular weight is 334 g/mol. The quantitative estimate of drug-likeness (QED) is 0.639. The first-order valence-corrected chi connectivity index (χ1v) is 7.56. The van der Waals surface area contributed by atoms with Crippen LogP contribution >= 0.6 is 11.6 Å². The van der Waals surface area contributed by atoms with Gasteiger partial charge in [0.05, 0.1) is 30.6 Å². The van der Waals surface area contributed by atoms with E-state index >= 15 is 0 Å². The molecule has 0 aromatic carbocycles. The summed E-state index contributed by atoms with van der Waals surface area (Å²) in [4.78, 5) is 24.2. The number of carbonyl (C=O) groups is 1. The molecule has 2 aromatic rings. The number of nitrogen functional groups attached to an aromatic ring is 1. The lowest BCUT2D eigenvalue weighted by atomic mass is 10.1. The van der Waals surface area contributed by atoms with Gasteiger partial charge in [0.1, 0.15) is 11.0 Å². The number of anilines is 2. The zero-order chi connectivity index (χ0) is 16.4. The van der Waals surface area contributed by atoms with Gasteiger partial charge in [-0.2, -0.15) is 4.98 Å². The van der Waals surface area contributed by atoms with Crippen molar-refractivity contribution in [1.29, 1.82) is 0 Å². The van der Waals surface area contributed by atoms with Gasteiger partial charge in [0.15, 0.2) is 0 Å². The van der Waals surface area contributed by atoms with Crippen LogP contribution in [0.2, 0.25) is 5.15 Å². The summed E-state index contributed by atoms with van der Waals surface area (Å²) < 4.78 is 4.81. The number of ether oxygens (including phenoxy) is 1. The van der Waals surface area contributed by atoms with E-state index in [0.717, 1.165) is 24.2 Å². The number of aromatic nitrogens is 3. The topological polar surface area (TPSA) is 103 Å². The third-order valence-electron chi connectivity index (χ3n) is 3.51. The Balaban J connectivity index is 1.78. The predicted molar refractivity (Wildman–Crippen MR) is 86.3 cm³/mol. The molecule has 0 amide bonds. The smallest absolute Gasteiger partial charge is 0.339 e. The van der Waals surface area contributed by atoms with Gasteiger partial charge in [0.25, 0.3) is 0 Å². The molecule has 7 nitrogen and oxygen atoms in total. The molecular formula is C15H16ClN5O2. The van der Waals surface area contributed by atoms with E-state index in [9.17, 15) is 4.79 Å². The van der Waals surface area contributed by atoms with Crippen LogP contribution in [0.4, 0.5) is 11.8 Å². The van der Waals surface area contributed by atoms with Gasteiger partial charge in [-0.3, -0.25) is 4.98 Å². The number of rotatable bonds is 5. The van der Waals surface area contributed by atoms with Crippen molar-refractivity contribution in [3.05, 3.63) is 40.3 Å². The number of halogens is 1. The van der Waals surface area contributed by atoms with E-state index in [0.29, 0.717) is 23.8 Å². The first-order chi connectivity index (χ1) is 11.1. The molecule has 0 spiro atoms. The van der Waals surface area contributed by atoms with Gasteiger partial charge in [-0.05, 0) is 25.0 Å². The second-order valence-corrected chi connectivity index (χ2v) is 5.68. The number of carbonyl (C=O) groups excluding carboxylic acids is 1. The Bertz CT molecular complexity index is 728. The summed E-state index contributed by atoms with van der Waals surface area (Å²) in [5, 5.41) is 3.37. The zero-order valence-electron chi connectivity index (χ0n) is 12.5. The van der Waals surface area contributed by atoms with E-state index in [1.54, 1.807) is 18.2 Å². The Morgan fingerprint density at radius 3 is 2.83 bits per heavy atom. The van der Waals surface area contributed by atoms with Crippen LogP contribution in [0.15, 0.2) is 18.2 Å². The van der Waals surface area contributed by atoms with Crippen molar-refractivity contribution in [2.45, 2.75) is 25.3 Å². The minimum absolute atomic E-state index is 0.104. The van der Waals surface area contributed by atoms with E-state index in [1.807, 2.05) is 0 Å². The maximum absolute atomic E-state index is 11.8. The number of hydrogen-bond donors (Lipinski definition) is 2. The SMILES string of the molecule is COC(=O)c1ccc(CNc2cc(Cl)nc(N)n2)nc1C1CC1. The molecule has 0 unspecified atom stereocenters. The highest BCUT2D eigenvalue weighted by atomic mass is 35.5. The number of nitrogens with two attached hydrogens (primary N) is 1. The van der Waals surface area contributed by atoms with E-state index in [4.69, 9.17) is 22.1 Å². The molecule has 120 valence electrons. The third-order valence-corrected chi connectivity index (χ3v) is 3.71. The lowest BCUT2D eigenvalue weighted by molar-refractivity contribution is 0.0598. The van der Waals surface area contributed by atoms with Crippen molar-refractivity contribution >= 4 is 29.3 Å². The highest BCUT2D eigenvalue weighted by molar-refractivity contribution is 6.29. The van der Waals surface area contributed by atoms with Crippen LogP contribution in [0.1, 0.15) is 40.5 Å². The van der Waals surface area contributed by atoms with Crippen molar-refractivity contribution in [3.8, 4) is 0 Å². The third kappa shape index (κ3) is 3.68. The Kier molecular flexibility index (Phi) is 4.29. The zero-order valence-corrected chi connectivity index (χ0v) is 13.3. The van der Waals surface area contributed by atoms with Gasteiger partial charge < -0.3 is 15.8 Å². The predicted octanol–water partition coefficient (Wildman–Crippen LogP) is 2.38. The van der Waals surface area contributed by atoms with Crippen LogP contribution in [0.3, 0.4) is 0 Å². The number of nitrogens with one attached hydrogen (secondary N) is 1. The largest absolute Gasteiger partial charge is 0.465 e. The van der Waals surface area contributed by atoms with Crippen LogP contribution in [-0.4, -0.2) is 28.0 Å². The number of pyridine rings is 1. The van der Waals surface area contributed by atoms with E-state index in [2.05, 4.69) is 20.3 Å². The summed E-state index contributed by atoms with van der Waals surface area (Å²) >= 11 is 5.84. The normalized spacial score (nSPS) is 13.7. The standard InChI is InChI=1S/C15H16ClN5O2/c1-23-14(22)10-5-4-9(19-13(10)8-2-3-8)7-18-12-6-11(16)20-15(17)21-12/h4-6,8H,2-3,7H2,1H3,(H3,17,18,20,21). The number of esters is 1. The molecule has 1 aliphatic rings. The second-order valence-electron chi connectivity index (χ2n) is 5.29. The van der Waals surface area contributed by atoms with Crippen molar-refractivity contribution in [3.63, 3.8) is 0 Å². The molecule has 23 heavy (non-hydrogen) atoms. The molecule has 3 N–H and O–H groups in total. The molecule has 1 fully saturated rings. The molecule has 3 rings (SSSR count). The Morgan fingerprint density at radius 1 is 1.39 bits per heavy atom. The molecule has 0 atom stereocenters. The van der Waals surface area contributed by atoms with Crippen molar-refractivity contribution in [1.82, 2.24) is 15.0 Å². The fourth-order valence-electron chi connectivity index (χ4n) is 2.27. The van der Waals surface area contributed by atoms with Gasteiger partial charge in [-0.25, -0.2) is 9.78 Å². The van der Waals surface area contributed by atoms with E-state index in [-0.39, 0.29) is 17.1 Å². The van der Waals surface area contributed by atoms with Crippen molar-refractivity contribution < 1.29 is 9.53 Å². The summed E-state index contributed by atoms with van der Waals surface area (Å²) in [6, 6.07) is 5.13. The van der Waals surface area contributed by atoms with Gasteiger partial charge in [0, 0.05) is 12.0 Å². The average Bonchev–Trinajstić information content (AvgIpc) is 3.36. The molecule has 1 aliphatic carbocycles. The minimum Gasteiger partial charge on any atom is -0.465 e. The number of hydrogen-bond acceptors (Lipinski definition) is 7.